The molecular formula is C13H24N4O6S. The summed E-state index contributed by atoms with van der Waals surface area (Å²) < 4.78 is 20.4. The highest BCUT2D eigenvalue weighted by Crippen LogP contribution is 2.22. The molecule has 0 aromatic heterocycles. The van der Waals surface area contributed by atoms with Crippen molar-refractivity contribution >= 4 is 22.6 Å². The maximum absolute atomic E-state index is 10.3. The molecule has 5 N–H and O–H groups in total. The van der Waals surface area contributed by atoms with E-state index in [-0.39, 0.29) is 0 Å². The molecule has 0 aromatic rings. The van der Waals surface area contributed by atoms with Crippen molar-refractivity contribution < 1.29 is 29.5 Å². The molecule has 0 bridgehead atoms. The Morgan fingerprint density at radius 2 is 2.12 bits per heavy atom. The van der Waals surface area contributed by atoms with Crippen LogP contribution in [0.25, 0.3) is 0 Å². The number of morpholine rings is 1. The highest BCUT2D eigenvalue weighted by Gasteiger charge is 2.45. The molecule has 24 heavy (non-hydrogen) atoms. The van der Waals surface area contributed by atoms with E-state index in [9.17, 15) is 15.3 Å². The second kappa shape index (κ2) is 8.06. The molecule has 11 heteroatoms. The van der Waals surface area contributed by atoms with Gasteiger partial charge in [0.05, 0.1) is 25.9 Å². The van der Waals surface area contributed by atoms with Crippen LogP contribution in [0.1, 0.15) is 0 Å². The third kappa shape index (κ3) is 3.73. The lowest BCUT2D eigenvalue weighted by atomic mass is 9.97. The molecule has 0 saturated carbocycles. The van der Waals surface area contributed by atoms with Crippen molar-refractivity contribution in [1.29, 1.82) is 0 Å². The Hall–Kier alpha value is -0.790. The standard InChI is InChI=1S/C13H24N4O6S/c1-21-11-8(10(20)9(19)7(6-18)23-11)14-13-15-12(16-24-13)17-2-4-22-5-3-17/h7-11,14,18-20,24H,2-6H2,1H3,(H,15,16)/t7-,8-,9+,10-,11+/m1/s1. The summed E-state index contributed by atoms with van der Waals surface area (Å²) in [4.78, 5) is 2.09. The molecule has 0 amide bonds. The van der Waals surface area contributed by atoms with Crippen LogP contribution in [0, 0.1) is 0 Å². The van der Waals surface area contributed by atoms with Crippen LogP contribution in [0.3, 0.4) is 0 Å². The SMILES string of the molecule is CO[C@H]1O[C@H](CO)[C@H](O)[C@H](O)[C@H]1NC1=[SH]N=C(N2CCOCC2)N1. The molecular weight excluding hydrogens is 340 g/mol. The maximum atomic E-state index is 10.3. The number of nitrogens with zero attached hydrogens (tertiary/aromatic N) is 2. The van der Waals surface area contributed by atoms with Crippen LogP contribution in [0.2, 0.25) is 0 Å². The second-order valence-electron chi connectivity index (χ2n) is 5.71. The Morgan fingerprint density at radius 1 is 1.38 bits per heavy atom. The summed E-state index contributed by atoms with van der Waals surface area (Å²) in [5.74, 6) is 0.747. The normalized spacial score (nSPS) is 37.3. The maximum Gasteiger partial charge on any atom is 0.210 e. The minimum absolute atomic E-state index is 0.401. The summed E-state index contributed by atoms with van der Waals surface area (Å²) >= 11 is 0.675. The molecule has 0 unspecified atom stereocenters. The fourth-order valence-corrected chi connectivity index (χ4v) is 3.56. The van der Waals surface area contributed by atoms with Crippen molar-refractivity contribution in [2.45, 2.75) is 30.6 Å². The molecule has 3 aliphatic heterocycles. The predicted molar refractivity (Wildman–Crippen MR) is 88.6 cm³/mol. The fourth-order valence-electron chi connectivity index (χ4n) is 2.83. The van der Waals surface area contributed by atoms with Crippen LogP contribution < -0.4 is 10.6 Å². The topological polar surface area (TPSA) is 128 Å². The molecule has 2 fully saturated rings. The smallest absolute Gasteiger partial charge is 0.210 e. The number of guanidine groups is 1. The van der Waals surface area contributed by atoms with Crippen LogP contribution in [0.5, 0.6) is 0 Å². The zero-order valence-electron chi connectivity index (χ0n) is 13.3. The van der Waals surface area contributed by atoms with Gasteiger partial charge in [-0.15, -0.1) is 0 Å². The van der Waals surface area contributed by atoms with Gasteiger partial charge in [0, 0.05) is 20.2 Å². The average molecular weight is 364 g/mol. The zero-order valence-corrected chi connectivity index (χ0v) is 14.2. The molecule has 0 radical (unpaired) electrons. The third-order valence-electron chi connectivity index (χ3n) is 4.20. The lowest BCUT2D eigenvalue weighted by molar-refractivity contribution is -0.261. The van der Waals surface area contributed by atoms with Gasteiger partial charge in [0.2, 0.25) is 5.96 Å². The van der Waals surface area contributed by atoms with E-state index in [1.807, 2.05) is 0 Å². The first kappa shape index (κ1) is 18.0. The number of thiol groups is 1. The highest BCUT2D eigenvalue weighted by atomic mass is 32.1. The van der Waals surface area contributed by atoms with E-state index in [2.05, 4.69) is 19.9 Å². The van der Waals surface area contributed by atoms with Gasteiger partial charge in [-0.05, 0) is 11.5 Å². The first-order chi connectivity index (χ1) is 11.6. The van der Waals surface area contributed by atoms with E-state index in [0.717, 1.165) is 19.0 Å². The lowest BCUT2D eigenvalue weighted by Crippen LogP contribution is -2.65. The zero-order chi connectivity index (χ0) is 17.1. The average Bonchev–Trinajstić information content (AvgIpc) is 3.09. The molecule has 2 saturated heterocycles. The van der Waals surface area contributed by atoms with Crippen LogP contribution in [-0.4, -0.2) is 102 Å². The van der Waals surface area contributed by atoms with Crippen molar-refractivity contribution in [3.63, 3.8) is 0 Å². The predicted octanol–water partition coefficient (Wildman–Crippen LogP) is -3.21. The van der Waals surface area contributed by atoms with Gasteiger partial charge in [-0.2, -0.15) is 4.40 Å². The molecule has 0 aromatic carbocycles. The number of rotatable bonds is 3. The summed E-state index contributed by atoms with van der Waals surface area (Å²) in [5, 5.41) is 36.5. The number of ether oxygens (including phenoxy) is 3. The summed E-state index contributed by atoms with van der Waals surface area (Å²) in [6.45, 7) is 2.46. The van der Waals surface area contributed by atoms with Crippen LogP contribution >= 0.6 is 11.5 Å². The van der Waals surface area contributed by atoms with Crippen molar-refractivity contribution in [3.8, 4) is 0 Å². The summed E-state index contributed by atoms with van der Waals surface area (Å²) in [6, 6.07) is -0.693. The molecule has 138 valence electrons. The van der Waals surface area contributed by atoms with E-state index < -0.39 is 37.3 Å². The van der Waals surface area contributed by atoms with Crippen LogP contribution in [0.4, 0.5) is 0 Å². The number of aliphatic hydroxyl groups is 3. The molecule has 0 aliphatic carbocycles. The quantitative estimate of drug-likeness (QED) is 0.226. The molecule has 5 atom stereocenters. The Balaban J connectivity index is 1.59. The number of nitrogens with one attached hydrogen (secondary N) is 2. The fraction of sp³-hybridized carbons (Fsp3) is 0.846. The molecule has 3 aliphatic rings. The molecule has 3 heterocycles. The van der Waals surface area contributed by atoms with Crippen molar-refractivity contribution in [2.24, 2.45) is 4.40 Å². The third-order valence-corrected chi connectivity index (χ3v) is 4.93. The van der Waals surface area contributed by atoms with E-state index in [0.29, 0.717) is 29.9 Å². The monoisotopic (exact) mass is 364 g/mol. The van der Waals surface area contributed by atoms with E-state index in [4.69, 9.17) is 14.2 Å². The molecule has 3 rings (SSSR count). The van der Waals surface area contributed by atoms with Gasteiger partial charge in [-0.1, -0.05) is 0 Å². The van der Waals surface area contributed by atoms with Gasteiger partial charge in [0.1, 0.15) is 23.4 Å². The van der Waals surface area contributed by atoms with E-state index in [1.54, 1.807) is 0 Å². The second-order valence-corrected chi connectivity index (χ2v) is 6.56. The number of hydrogen-bond donors (Lipinski definition) is 6. The van der Waals surface area contributed by atoms with E-state index >= 15 is 0 Å². The minimum Gasteiger partial charge on any atom is -0.394 e. The minimum atomic E-state index is -1.21. The lowest BCUT2D eigenvalue weighted by Gasteiger charge is -2.42. The number of hydrogen-bond acceptors (Lipinski definition) is 10. The Labute approximate surface area is 143 Å². The van der Waals surface area contributed by atoms with Crippen molar-refractivity contribution in [2.75, 3.05) is 40.0 Å². The van der Waals surface area contributed by atoms with Gasteiger partial charge in [-0.25, -0.2) is 0 Å². The van der Waals surface area contributed by atoms with Gasteiger partial charge < -0.3 is 39.7 Å². The number of methoxy groups -OCH3 is 1. The summed E-state index contributed by atoms with van der Waals surface area (Å²) in [5.41, 5.74) is 0. The Kier molecular flexibility index (Phi) is 6.05. The van der Waals surface area contributed by atoms with Crippen LogP contribution in [0.15, 0.2) is 4.40 Å². The van der Waals surface area contributed by atoms with Gasteiger partial charge >= 0.3 is 0 Å². The van der Waals surface area contributed by atoms with Crippen LogP contribution in [-0.2, 0) is 14.2 Å². The number of aliphatic hydroxyl groups excluding tert-OH is 3. The van der Waals surface area contributed by atoms with Crippen molar-refractivity contribution in [3.05, 3.63) is 0 Å². The van der Waals surface area contributed by atoms with Gasteiger partial charge in [-0.3, -0.25) is 5.32 Å². The van der Waals surface area contributed by atoms with Gasteiger partial charge in [0.15, 0.2) is 6.29 Å². The Morgan fingerprint density at radius 3 is 2.79 bits per heavy atom. The van der Waals surface area contributed by atoms with Crippen molar-refractivity contribution in [1.82, 2.24) is 15.5 Å². The summed E-state index contributed by atoms with van der Waals surface area (Å²) in [6.07, 6.45) is -4.06. The summed E-state index contributed by atoms with van der Waals surface area (Å²) in [7, 11) is 1.44. The van der Waals surface area contributed by atoms with E-state index in [1.165, 1.54) is 7.11 Å². The highest BCUT2D eigenvalue weighted by molar-refractivity contribution is 7.98. The molecule has 10 nitrogen and oxygen atoms in total. The first-order valence-electron chi connectivity index (χ1n) is 7.81. The molecule has 0 spiro atoms. The largest absolute Gasteiger partial charge is 0.394 e. The Bertz CT molecular complexity index is 499. The van der Waals surface area contributed by atoms with Gasteiger partial charge in [0.25, 0.3) is 0 Å². The first-order valence-corrected chi connectivity index (χ1v) is 8.66.